The first-order valence-electron chi connectivity index (χ1n) is 9.43. The van der Waals surface area contributed by atoms with Crippen molar-refractivity contribution in [1.29, 1.82) is 0 Å². The number of halogens is 4. The molecular formula is C21H16F4N4O3. The number of nitrogens with zero attached hydrogens (tertiary/aromatic N) is 2. The zero-order valence-electron chi connectivity index (χ0n) is 16.3. The molecule has 2 N–H and O–H groups in total. The number of alkyl halides is 3. The number of carbonyl (C=O) groups is 1. The van der Waals surface area contributed by atoms with Gasteiger partial charge in [-0.05, 0) is 30.3 Å². The van der Waals surface area contributed by atoms with Crippen molar-refractivity contribution in [2.24, 2.45) is 0 Å². The van der Waals surface area contributed by atoms with Crippen molar-refractivity contribution in [1.82, 2.24) is 9.97 Å². The molecular weight excluding hydrogens is 432 g/mol. The van der Waals surface area contributed by atoms with Crippen molar-refractivity contribution in [3.63, 3.8) is 0 Å². The summed E-state index contributed by atoms with van der Waals surface area (Å²) in [6.07, 6.45) is -0.890. The number of hydrogen-bond acceptors (Lipinski definition) is 5. The van der Waals surface area contributed by atoms with Gasteiger partial charge < -0.3 is 19.9 Å². The highest BCUT2D eigenvalue weighted by molar-refractivity contribution is 6.07. The van der Waals surface area contributed by atoms with E-state index in [4.69, 9.17) is 4.74 Å². The van der Waals surface area contributed by atoms with Crippen molar-refractivity contribution in [3.8, 4) is 5.75 Å². The van der Waals surface area contributed by atoms with Crippen LogP contribution in [0.4, 0.5) is 28.9 Å². The van der Waals surface area contributed by atoms with Gasteiger partial charge in [-0.15, -0.1) is 0 Å². The average molecular weight is 448 g/mol. The highest BCUT2D eigenvalue weighted by Gasteiger charge is 2.34. The lowest BCUT2D eigenvalue weighted by Crippen LogP contribution is -2.55. The van der Waals surface area contributed by atoms with Crippen LogP contribution in [0.3, 0.4) is 0 Å². The van der Waals surface area contributed by atoms with Crippen LogP contribution < -0.4 is 20.5 Å². The highest BCUT2D eigenvalue weighted by atomic mass is 19.4. The fraction of sp³-hybridized carbons (Fsp3) is 0.190. The topological polar surface area (TPSA) is 87.3 Å². The number of H-pyrrole nitrogens is 1. The molecule has 0 bridgehead atoms. The molecule has 1 saturated heterocycles. The first kappa shape index (κ1) is 21.3. The Morgan fingerprint density at radius 3 is 2.56 bits per heavy atom. The van der Waals surface area contributed by atoms with Gasteiger partial charge in [-0.25, -0.2) is 4.39 Å². The monoisotopic (exact) mass is 448 g/mol. The number of hydrogen-bond donors (Lipinski definition) is 2. The Balaban J connectivity index is 1.48. The second kappa shape index (κ2) is 8.33. The number of anilines is 2. The summed E-state index contributed by atoms with van der Waals surface area (Å²) >= 11 is 0. The average Bonchev–Trinajstić information content (AvgIpc) is 2.70. The van der Waals surface area contributed by atoms with Gasteiger partial charge in [0, 0.05) is 30.3 Å². The minimum Gasteiger partial charge on any atom is -0.487 e. The first-order chi connectivity index (χ1) is 15.2. The van der Waals surface area contributed by atoms with Gasteiger partial charge in [0.15, 0.2) is 0 Å². The molecule has 0 atom stereocenters. The number of nitrogens with one attached hydrogen (secondary N) is 2. The molecule has 1 aliphatic heterocycles. The largest absolute Gasteiger partial charge is 0.487 e. The molecule has 0 spiro atoms. The van der Waals surface area contributed by atoms with Gasteiger partial charge in [0.2, 0.25) is 0 Å². The van der Waals surface area contributed by atoms with Crippen LogP contribution in [0.1, 0.15) is 15.9 Å². The standard InChI is InChI=1S/C21H16F4N4O3/c22-13-7-12(21(23,24)25)8-15(9-13)32-16-10-29(11-16)17-3-6-27-19(30)18(17)20(31)28-14-1-4-26-5-2-14/h1-9,16H,10-11H2,(H,27,30)(H,26,28,31). The number of ether oxygens (including phenoxy) is 1. The summed E-state index contributed by atoms with van der Waals surface area (Å²) in [6, 6.07) is 6.67. The Morgan fingerprint density at radius 1 is 1.16 bits per heavy atom. The molecule has 166 valence electrons. The maximum atomic E-state index is 13.6. The molecule has 1 aliphatic rings. The molecule has 3 heterocycles. The Bertz CT molecular complexity index is 1190. The van der Waals surface area contributed by atoms with Crippen molar-refractivity contribution in [2.75, 3.05) is 23.3 Å². The van der Waals surface area contributed by atoms with E-state index in [1.54, 1.807) is 23.1 Å². The summed E-state index contributed by atoms with van der Waals surface area (Å²) in [7, 11) is 0. The molecule has 0 aliphatic carbocycles. The molecule has 3 aromatic rings. The number of rotatable bonds is 5. The van der Waals surface area contributed by atoms with E-state index in [0.717, 1.165) is 12.1 Å². The second-order valence-electron chi connectivity index (χ2n) is 7.08. The molecule has 0 unspecified atom stereocenters. The normalized spacial score (nSPS) is 14.1. The van der Waals surface area contributed by atoms with Crippen LogP contribution in [0, 0.1) is 5.82 Å². The summed E-state index contributed by atoms with van der Waals surface area (Å²) < 4.78 is 57.7. The lowest BCUT2D eigenvalue weighted by atomic mass is 10.1. The fourth-order valence-electron chi connectivity index (χ4n) is 3.28. The third-order valence-corrected chi connectivity index (χ3v) is 4.79. The smallest absolute Gasteiger partial charge is 0.416 e. The Labute approximate surface area is 178 Å². The van der Waals surface area contributed by atoms with Crippen molar-refractivity contribution < 1.29 is 27.1 Å². The van der Waals surface area contributed by atoms with Crippen LogP contribution in [0.15, 0.2) is 59.8 Å². The Kier molecular flexibility index (Phi) is 5.56. The third kappa shape index (κ3) is 4.56. The highest BCUT2D eigenvalue weighted by Crippen LogP contribution is 2.33. The number of benzene rings is 1. The first-order valence-corrected chi connectivity index (χ1v) is 9.43. The number of amides is 1. The van der Waals surface area contributed by atoms with Crippen LogP contribution in [0.5, 0.6) is 5.75 Å². The summed E-state index contributed by atoms with van der Waals surface area (Å²) in [5.74, 6) is -1.93. The molecule has 2 aromatic heterocycles. The van der Waals surface area contributed by atoms with E-state index in [2.05, 4.69) is 15.3 Å². The molecule has 0 radical (unpaired) electrons. The lowest BCUT2D eigenvalue weighted by Gasteiger charge is -2.41. The minimum absolute atomic E-state index is 0.118. The Morgan fingerprint density at radius 2 is 1.88 bits per heavy atom. The maximum Gasteiger partial charge on any atom is 0.416 e. The molecule has 7 nitrogen and oxygen atoms in total. The van der Waals surface area contributed by atoms with Gasteiger partial charge in [-0.1, -0.05) is 0 Å². The summed E-state index contributed by atoms with van der Waals surface area (Å²) in [6.45, 7) is 0.383. The number of aromatic amines is 1. The van der Waals surface area contributed by atoms with E-state index in [1.165, 1.54) is 18.6 Å². The van der Waals surface area contributed by atoms with E-state index in [9.17, 15) is 27.2 Å². The van der Waals surface area contributed by atoms with Crippen molar-refractivity contribution >= 4 is 17.3 Å². The maximum absolute atomic E-state index is 13.6. The van der Waals surface area contributed by atoms with Crippen molar-refractivity contribution in [2.45, 2.75) is 12.3 Å². The van der Waals surface area contributed by atoms with Gasteiger partial charge in [0.05, 0.1) is 24.3 Å². The van der Waals surface area contributed by atoms with E-state index < -0.39 is 35.1 Å². The number of pyridine rings is 2. The minimum atomic E-state index is -4.70. The zero-order chi connectivity index (χ0) is 22.9. The van der Waals surface area contributed by atoms with Crippen LogP contribution in [0.2, 0.25) is 0 Å². The Hall–Kier alpha value is -3.89. The quantitative estimate of drug-likeness (QED) is 0.584. The van der Waals surface area contributed by atoms with Crippen LogP contribution in [0.25, 0.3) is 0 Å². The third-order valence-electron chi connectivity index (χ3n) is 4.79. The molecule has 11 heteroatoms. The van der Waals surface area contributed by atoms with E-state index >= 15 is 0 Å². The molecule has 4 rings (SSSR count). The predicted octanol–water partition coefficient (Wildman–Crippen LogP) is 3.45. The van der Waals surface area contributed by atoms with E-state index in [0.29, 0.717) is 17.4 Å². The van der Waals surface area contributed by atoms with Gasteiger partial charge in [0.1, 0.15) is 23.2 Å². The van der Waals surface area contributed by atoms with Gasteiger partial charge >= 0.3 is 6.18 Å². The van der Waals surface area contributed by atoms with E-state index in [-0.39, 0.29) is 24.4 Å². The van der Waals surface area contributed by atoms with Crippen molar-refractivity contribution in [3.05, 3.63) is 82.3 Å². The van der Waals surface area contributed by atoms with Crippen LogP contribution >= 0.6 is 0 Å². The zero-order valence-corrected chi connectivity index (χ0v) is 16.3. The molecule has 32 heavy (non-hydrogen) atoms. The van der Waals surface area contributed by atoms with Gasteiger partial charge in [-0.3, -0.25) is 14.6 Å². The predicted molar refractivity (Wildman–Crippen MR) is 107 cm³/mol. The second-order valence-corrected chi connectivity index (χ2v) is 7.08. The number of aromatic nitrogens is 2. The van der Waals surface area contributed by atoms with Gasteiger partial charge in [-0.2, -0.15) is 13.2 Å². The molecule has 0 saturated carbocycles. The van der Waals surface area contributed by atoms with Crippen LogP contribution in [-0.4, -0.2) is 35.1 Å². The van der Waals surface area contributed by atoms with Crippen LogP contribution in [-0.2, 0) is 6.18 Å². The fourth-order valence-corrected chi connectivity index (χ4v) is 3.28. The van der Waals surface area contributed by atoms with Gasteiger partial charge in [0.25, 0.3) is 11.5 Å². The molecule has 1 fully saturated rings. The molecule has 1 amide bonds. The summed E-state index contributed by atoms with van der Waals surface area (Å²) in [5.41, 5.74) is -1.06. The SMILES string of the molecule is O=C(Nc1ccncc1)c1c(N2CC(Oc3cc(F)cc(C(F)(F)F)c3)C2)cc[nH]c1=O. The summed E-state index contributed by atoms with van der Waals surface area (Å²) in [4.78, 5) is 33.0. The lowest BCUT2D eigenvalue weighted by molar-refractivity contribution is -0.137. The summed E-state index contributed by atoms with van der Waals surface area (Å²) in [5, 5.41) is 2.62. The molecule has 1 aromatic carbocycles. The number of carbonyl (C=O) groups excluding carboxylic acids is 1. The van der Waals surface area contributed by atoms with E-state index in [1.807, 2.05) is 0 Å².